The summed E-state index contributed by atoms with van der Waals surface area (Å²) in [4.78, 5) is 24.2. The first-order chi connectivity index (χ1) is 14.6. The first-order valence-corrected chi connectivity index (χ1v) is 10.7. The number of anilines is 2. The predicted octanol–water partition coefficient (Wildman–Crippen LogP) is 5.64. The van der Waals surface area contributed by atoms with Gasteiger partial charge in [0.2, 0.25) is 5.95 Å². The number of hydrogen-bond donors (Lipinski definition) is 2. The molecule has 0 radical (unpaired) electrons. The van der Waals surface area contributed by atoms with Crippen molar-refractivity contribution in [1.29, 1.82) is 0 Å². The number of imidazole rings is 1. The van der Waals surface area contributed by atoms with E-state index in [2.05, 4.69) is 56.7 Å². The number of nitrogens with one attached hydrogen (secondary N) is 2. The summed E-state index contributed by atoms with van der Waals surface area (Å²) in [5, 5.41) is 9.43. The van der Waals surface area contributed by atoms with Gasteiger partial charge in [-0.1, -0.05) is 63.2 Å². The zero-order valence-corrected chi connectivity index (χ0v) is 19.2. The number of benzene rings is 1. The van der Waals surface area contributed by atoms with Gasteiger partial charge in [-0.3, -0.25) is 0 Å². The lowest BCUT2D eigenvalue weighted by atomic mass is 10.2. The third-order valence-electron chi connectivity index (χ3n) is 4.02. The van der Waals surface area contributed by atoms with Crippen molar-refractivity contribution >= 4 is 22.9 Å². The molecule has 0 aliphatic heterocycles. The van der Waals surface area contributed by atoms with Crippen LogP contribution in [0.15, 0.2) is 41.8 Å². The number of nitrogens with zero attached hydrogens (tertiary/aromatic N) is 5. The maximum Gasteiger partial charge on any atom is 0.226 e. The van der Waals surface area contributed by atoms with Gasteiger partial charge in [-0.2, -0.15) is 14.9 Å². The van der Waals surface area contributed by atoms with Gasteiger partial charge in [0, 0.05) is 19.1 Å². The summed E-state index contributed by atoms with van der Waals surface area (Å²) in [6, 6.07) is 9.96. The van der Waals surface area contributed by atoms with Gasteiger partial charge in [0.15, 0.2) is 17.0 Å². The first-order valence-electron chi connectivity index (χ1n) is 10.7. The average molecular weight is 414 g/mol. The Morgan fingerprint density at radius 3 is 2.27 bits per heavy atom. The maximum atomic E-state index is 10.6. The standard InChI is InChI=1S/C18H23N7O.2C2H6/c1-12(2)25-11-21-15-16(19-10-14-7-5-4-6-8-14)22-18(23-17(15)25)20-9-13(3)24-26;2*1-2/h4-8,11-13H,9-10H2,1-3H3,(H2,19,20,22,23);2*1-2H3. The Labute approximate surface area is 179 Å². The van der Waals surface area contributed by atoms with Crippen LogP contribution in [0.25, 0.3) is 11.2 Å². The summed E-state index contributed by atoms with van der Waals surface area (Å²) < 4.78 is 2.00. The fourth-order valence-corrected chi connectivity index (χ4v) is 2.55. The lowest BCUT2D eigenvalue weighted by molar-refractivity contribution is 0.612. The van der Waals surface area contributed by atoms with Gasteiger partial charge in [-0.15, -0.1) is 0 Å². The molecule has 2 heterocycles. The Morgan fingerprint density at radius 1 is 1.00 bits per heavy atom. The minimum absolute atomic E-state index is 0.222. The summed E-state index contributed by atoms with van der Waals surface area (Å²) in [7, 11) is 0. The number of hydrogen-bond acceptors (Lipinski definition) is 7. The molecule has 30 heavy (non-hydrogen) atoms. The van der Waals surface area contributed by atoms with Crippen LogP contribution >= 0.6 is 0 Å². The molecule has 1 aromatic carbocycles. The monoisotopic (exact) mass is 413 g/mol. The van der Waals surface area contributed by atoms with Crippen molar-refractivity contribution < 1.29 is 0 Å². The topological polar surface area (TPSA) is 97.1 Å². The largest absolute Gasteiger partial charge is 0.364 e. The van der Waals surface area contributed by atoms with E-state index >= 15 is 0 Å². The molecule has 1 unspecified atom stereocenters. The minimum Gasteiger partial charge on any atom is -0.364 e. The molecular weight excluding hydrogens is 378 g/mol. The molecule has 0 aliphatic rings. The van der Waals surface area contributed by atoms with Gasteiger partial charge in [0.05, 0.1) is 6.33 Å². The van der Waals surface area contributed by atoms with Crippen molar-refractivity contribution in [2.45, 2.75) is 67.1 Å². The Kier molecular flexibility index (Phi) is 11.0. The van der Waals surface area contributed by atoms with Crippen LogP contribution < -0.4 is 10.6 Å². The van der Waals surface area contributed by atoms with Crippen molar-refractivity contribution in [2.24, 2.45) is 5.18 Å². The summed E-state index contributed by atoms with van der Waals surface area (Å²) >= 11 is 0. The van der Waals surface area contributed by atoms with Gasteiger partial charge < -0.3 is 15.2 Å². The molecule has 0 spiro atoms. The number of rotatable bonds is 8. The van der Waals surface area contributed by atoms with Crippen LogP contribution in [-0.4, -0.2) is 32.1 Å². The molecule has 3 rings (SSSR count). The summed E-state index contributed by atoms with van der Waals surface area (Å²) in [5.74, 6) is 1.11. The van der Waals surface area contributed by atoms with Crippen LogP contribution in [0.3, 0.4) is 0 Å². The van der Waals surface area contributed by atoms with Gasteiger partial charge >= 0.3 is 0 Å². The SMILES string of the molecule is CC.CC.CC(CNc1nc(NCc2ccccc2)c2ncn(C(C)C)c2n1)N=O. The van der Waals surface area contributed by atoms with E-state index in [0.717, 1.165) is 16.7 Å². The van der Waals surface area contributed by atoms with Crippen molar-refractivity contribution in [1.82, 2.24) is 19.5 Å². The second kappa shape index (κ2) is 13.2. The quantitative estimate of drug-likeness (QED) is 0.464. The molecule has 0 aliphatic carbocycles. The molecule has 0 bridgehead atoms. The lowest BCUT2D eigenvalue weighted by Crippen LogP contribution is -2.16. The predicted molar refractivity (Wildman–Crippen MR) is 126 cm³/mol. The van der Waals surface area contributed by atoms with E-state index in [1.807, 2.05) is 50.5 Å². The fourth-order valence-electron chi connectivity index (χ4n) is 2.55. The zero-order valence-electron chi connectivity index (χ0n) is 19.2. The van der Waals surface area contributed by atoms with Gasteiger partial charge in [-0.25, -0.2) is 4.98 Å². The molecule has 0 fully saturated rings. The molecular formula is C22H35N7O. The summed E-state index contributed by atoms with van der Waals surface area (Å²) in [5.41, 5.74) is 2.62. The molecule has 0 amide bonds. The van der Waals surface area contributed by atoms with E-state index in [1.54, 1.807) is 13.3 Å². The van der Waals surface area contributed by atoms with Gasteiger partial charge in [0.1, 0.15) is 6.04 Å². The van der Waals surface area contributed by atoms with Crippen LogP contribution in [0.4, 0.5) is 11.8 Å². The van der Waals surface area contributed by atoms with E-state index in [1.165, 1.54) is 0 Å². The highest BCUT2D eigenvalue weighted by Crippen LogP contribution is 2.23. The molecule has 164 valence electrons. The Hall–Kier alpha value is -3.03. The van der Waals surface area contributed by atoms with Crippen molar-refractivity contribution in [3.8, 4) is 0 Å². The van der Waals surface area contributed by atoms with E-state index < -0.39 is 0 Å². The second-order valence-electron chi connectivity index (χ2n) is 6.49. The van der Waals surface area contributed by atoms with Gasteiger partial charge in [-0.05, 0) is 26.3 Å². The minimum atomic E-state index is -0.356. The normalized spacial score (nSPS) is 11.1. The van der Waals surface area contributed by atoms with Crippen LogP contribution in [-0.2, 0) is 6.54 Å². The van der Waals surface area contributed by atoms with Crippen molar-refractivity contribution in [3.63, 3.8) is 0 Å². The zero-order chi connectivity index (χ0) is 22.5. The Morgan fingerprint density at radius 2 is 1.67 bits per heavy atom. The number of fused-ring (bicyclic) bond motifs is 1. The molecule has 2 aromatic heterocycles. The summed E-state index contributed by atoms with van der Waals surface area (Å²) in [6.07, 6.45) is 1.77. The molecule has 1 atom stereocenters. The number of aromatic nitrogens is 4. The summed E-state index contributed by atoms with van der Waals surface area (Å²) in [6.45, 7) is 14.9. The average Bonchev–Trinajstić information content (AvgIpc) is 3.23. The molecule has 0 saturated carbocycles. The smallest absolute Gasteiger partial charge is 0.226 e. The third kappa shape index (κ3) is 6.79. The van der Waals surface area contributed by atoms with Gasteiger partial charge in [0.25, 0.3) is 0 Å². The van der Waals surface area contributed by atoms with Crippen molar-refractivity contribution in [2.75, 3.05) is 17.2 Å². The highest BCUT2D eigenvalue weighted by atomic mass is 16.3. The van der Waals surface area contributed by atoms with Crippen LogP contribution in [0.2, 0.25) is 0 Å². The van der Waals surface area contributed by atoms with E-state index in [-0.39, 0.29) is 12.1 Å². The van der Waals surface area contributed by atoms with Crippen LogP contribution in [0.5, 0.6) is 0 Å². The lowest BCUT2D eigenvalue weighted by Gasteiger charge is -2.12. The Balaban J connectivity index is 0.00000106. The molecule has 8 heteroatoms. The first kappa shape index (κ1) is 25.0. The highest BCUT2D eigenvalue weighted by molar-refractivity contribution is 5.84. The third-order valence-corrected chi connectivity index (χ3v) is 4.02. The highest BCUT2D eigenvalue weighted by Gasteiger charge is 2.15. The maximum absolute atomic E-state index is 10.6. The molecule has 0 saturated heterocycles. The van der Waals surface area contributed by atoms with E-state index in [4.69, 9.17) is 0 Å². The Bertz CT molecular complexity index is 878. The second-order valence-corrected chi connectivity index (χ2v) is 6.49. The number of nitroso groups, excluding NO2 is 1. The van der Waals surface area contributed by atoms with E-state index in [0.29, 0.717) is 24.9 Å². The van der Waals surface area contributed by atoms with Crippen LogP contribution in [0.1, 0.15) is 60.1 Å². The van der Waals surface area contributed by atoms with E-state index in [9.17, 15) is 4.91 Å². The van der Waals surface area contributed by atoms with Crippen LogP contribution in [0, 0.1) is 4.91 Å². The fraction of sp³-hybridized carbons (Fsp3) is 0.500. The molecule has 2 N–H and O–H groups in total. The van der Waals surface area contributed by atoms with Crippen molar-refractivity contribution in [3.05, 3.63) is 47.1 Å². The molecule has 3 aromatic rings. The molecule has 8 nitrogen and oxygen atoms in total.